The molecule has 1 atom stereocenters. The summed E-state index contributed by atoms with van der Waals surface area (Å²) in [7, 11) is 0. The molecule has 0 amide bonds. The van der Waals surface area contributed by atoms with Gasteiger partial charge in [-0.2, -0.15) is 13.2 Å². The summed E-state index contributed by atoms with van der Waals surface area (Å²) >= 11 is 2.82. The van der Waals surface area contributed by atoms with E-state index in [1.807, 2.05) is 0 Å². The molecule has 2 N–H and O–H groups in total. The largest absolute Gasteiger partial charge is 0.407 e. The Morgan fingerprint density at radius 1 is 1.29 bits per heavy atom. The van der Waals surface area contributed by atoms with Crippen LogP contribution in [0.3, 0.4) is 0 Å². The van der Waals surface area contributed by atoms with Crippen molar-refractivity contribution in [3.05, 3.63) is 34.1 Å². The summed E-state index contributed by atoms with van der Waals surface area (Å²) in [4.78, 5) is 0. The molecule has 14 heavy (non-hydrogen) atoms. The maximum Gasteiger partial charge on any atom is 0.407 e. The van der Waals surface area contributed by atoms with Crippen molar-refractivity contribution in [2.45, 2.75) is 12.2 Å². The van der Waals surface area contributed by atoms with Crippen molar-refractivity contribution in [1.29, 1.82) is 0 Å². The Bertz CT molecular complexity index is 337. The molecule has 0 saturated heterocycles. The van der Waals surface area contributed by atoms with E-state index in [0.717, 1.165) is 18.2 Å². The first kappa shape index (κ1) is 11.5. The molecule has 0 aliphatic heterocycles. The van der Waals surface area contributed by atoms with Gasteiger partial charge in [0.2, 0.25) is 0 Å². The van der Waals surface area contributed by atoms with Crippen LogP contribution in [0.4, 0.5) is 17.6 Å². The molecule has 0 aliphatic carbocycles. The highest BCUT2D eigenvalue weighted by Gasteiger charge is 2.38. The van der Waals surface area contributed by atoms with E-state index < -0.39 is 18.0 Å². The molecule has 0 saturated carbocycles. The lowest BCUT2D eigenvalue weighted by atomic mass is 10.1. The van der Waals surface area contributed by atoms with E-state index in [1.54, 1.807) is 0 Å². The van der Waals surface area contributed by atoms with Crippen molar-refractivity contribution in [3.63, 3.8) is 0 Å². The minimum absolute atomic E-state index is 0.0160. The summed E-state index contributed by atoms with van der Waals surface area (Å²) in [6.45, 7) is 0. The first-order valence-corrected chi connectivity index (χ1v) is 4.39. The molecule has 6 heteroatoms. The van der Waals surface area contributed by atoms with E-state index in [9.17, 15) is 17.6 Å². The molecule has 1 aromatic carbocycles. The monoisotopic (exact) mass is 271 g/mol. The Labute approximate surface area is 86.0 Å². The van der Waals surface area contributed by atoms with Gasteiger partial charge in [0.05, 0.1) is 0 Å². The van der Waals surface area contributed by atoms with Gasteiger partial charge in [-0.25, -0.2) is 4.39 Å². The molecule has 1 aromatic rings. The van der Waals surface area contributed by atoms with Crippen molar-refractivity contribution >= 4 is 15.9 Å². The summed E-state index contributed by atoms with van der Waals surface area (Å²) in [5.74, 6) is -0.616. The Morgan fingerprint density at radius 2 is 1.86 bits per heavy atom. The van der Waals surface area contributed by atoms with Crippen molar-refractivity contribution < 1.29 is 17.6 Å². The predicted molar refractivity (Wildman–Crippen MR) is 47.1 cm³/mol. The quantitative estimate of drug-likeness (QED) is 0.781. The van der Waals surface area contributed by atoms with Crippen LogP contribution in [0.25, 0.3) is 0 Å². The first-order chi connectivity index (χ1) is 6.32. The highest BCUT2D eigenvalue weighted by Crippen LogP contribution is 2.34. The first-order valence-electron chi connectivity index (χ1n) is 3.59. The van der Waals surface area contributed by atoms with Crippen molar-refractivity contribution in [2.24, 2.45) is 5.73 Å². The molecule has 0 aromatic heterocycles. The highest BCUT2D eigenvalue weighted by atomic mass is 79.9. The van der Waals surface area contributed by atoms with Crippen LogP contribution >= 0.6 is 15.9 Å². The zero-order valence-electron chi connectivity index (χ0n) is 6.78. The third kappa shape index (κ3) is 2.45. The van der Waals surface area contributed by atoms with Crippen LogP contribution in [0.1, 0.15) is 11.6 Å². The third-order valence-corrected chi connectivity index (χ3v) is 2.34. The normalized spacial score (nSPS) is 14.1. The van der Waals surface area contributed by atoms with Crippen molar-refractivity contribution in [2.75, 3.05) is 0 Å². The fraction of sp³-hybridized carbons (Fsp3) is 0.250. The fourth-order valence-corrected chi connectivity index (χ4v) is 1.53. The van der Waals surface area contributed by atoms with Crippen LogP contribution in [-0.4, -0.2) is 6.18 Å². The SMILES string of the molecule is N[C@H](c1ccc(F)cc1Br)C(F)(F)F. The van der Waals surface area contributed by atoms with Crippen LogP contribution in [0.5, 0.6) is 0 Å². The van der Waals surface area contributed by atoms with Gasteiger partial charge in [-0.1, -0.05) is 22.0 Å². The van der Waals surface area contributed by atoms with Gasteiger partial charge in [0.15, 0.2) is 0 Å². The standard InChI is InChI=1S/C8H6BrF4N/c9-6-3-4(10)1-2-5(6)7(14)8(11,12)13/h1-3,7H,14H2/t7-/m1/s1. The summed E-state index contributed by atoms with van der Waals surface area (Å²) < 4.78 is 49.1. The van der Waals surface area contributed by atoms with Crippen LogP contribution < -0.4 is 5.73 Å². The molecule has 0 radical (unpaired) electrons. The summed E-state index contributed by atoms with van der Waals surface area (Å²) in [6.07, 6.45) is -4.53. The maximum absolute atomic E-state index is 12.6. The molecule has 0 unspecified atom stereocenters. The van der Waals surface area contributed by atoms with E-state index in [4.69, 9.17) is 5.73 Å². The Kier molecular flexibility index (Phi) is 3.16. The lowest BCUT2D eigenvalue weighted by Gasteiger charge is -2.17. The number of benzene rings is 1. The lowest BCUT2D eigenvalue weighted by Crippen LogP contribution is -2.28. The number of halogens is 5. The topological polar surface area (TPSA) is 26.0 Å². The van der Waals surface area contributed by atoms with E-state index in [2.05, 4.69) is 15.9 Å². The molecule has 0 heterocycles. The fourth-order valence-electron chi connectivity index (χ4n) is 0.930. The highest BCUT2D eigenvalue weighted by molar-refractivity contribution is 9.10. The van der Waals surface area contributed by atoms with Gasteiger partial charge in [-0.3, -0.25) is 0 Å². The number of hydrogen-bond donors (Lipinski definition) is 1. The van der Waals surface area contributed by atoms with Gasteiger partial charge in [0, 0.05) is 4.47 Å². The van der Waals surface area contributed by atoms with Gasteiger partial charge in [0.25, 0.3) is 0 Å². The van der Waals surface area contributed by atoms with E-state index in [0.29, 0.717) is 0 Å². The van der Waals surface area contributed by atoms with Gasteiger partial charge < -0.3 is 5.73 Å². The van der Waals surface area contributed by atoms with Gasteiger partial charge in [-0.05, 0) is 17.7 Å². The second-order valence-electron chi connectivity index (χ2n) is 2.69. The van der Waals surface area contributed by atoms with Crippen LogP contribution in [0.2, 0.25) is 0 Å². The predicted octanol–water partition coefficient (Wildman–Crippen LogP) is 3.15. The smallest absolute Gasteiger partial charge is 0.316 e. The minimum atomic E-state index is -4.53. The second kappa shape index (κ2) is 3.86. The number of nitrogens with two attached hydrogens (primary N) is 1. The molecular formula is C8H6BrF4N. The van der Waals surface area contributed by atoms with Gasteiger partial charge >= 0.3 is 6.18 Å². The molecule has 0 bridgehead atoms. The second-order valence-corrected chi connectivity index (χ2v) is 3.54. The maximum atomic E-state index is 12.6. The minimum Gasteiger partial charge on any atom is -0.316 e. The molecule has 78 valence electrons. The Balaban J connectivity index is 3.08. The van der Waals surface area contributed by atoms with E-state index in [-0.39, 0.29) is 10.0 Å². The molecule has 1 nitrogen and oxygen atoms in total. The Morgan fingerprint density at radius 3 is 2.29 bits per heavy atom. The molecule has 1 rings (SSSR count). The van der Waals surface area contributed by atoms with E-state index in [1.165, 1.54) is 0 Å². The number of rotatable bonds is 1. The zero-order chi connectivity index (χ0) is 10.9. The number of alkyl halides is 3. The number of hydrogen-bond acceptors (Lipinski definition) is 1. The van der Waals surface area contributed by atoms with Crippen LogP contribution in [-0.2, 0) is 0 Å². The average molecular weight is 272 g/mol. The lowest BCUT2D eigenvalue weighted by molar-refractivity contribution is -0.149. The van der Waals surface area contributed by atoms with Gasteiger partial charge in [-0.15, -0.1) is 0 Å². The molecular weight excluding hydrogens is 266 g/mol. The van der Waals surface area contributed by atoms with Crippen LogP contribution in [0.15, 0.2) is 22.7 Å². The van der Waals surface area contributed by atoms with Crippen molar-refractivity contribution in [3.8, 4) is 0 Å². The van der Waals surface area contributed by atoms with E-state index >= 15 is 0 Å². The molecule has 0 spiro atoms. The van der Waals surface area contributed by atoms with Gasteiger partial charge in [0.1, 0.15) is 11.9 Å². The van der Waals surface area contributed by atoms with Crippen molar-refractivity contribution in [1.82, 2.24) is 0 Å². The van der Waals surface area contributed by atoms with Crippen LogP contribution in [0, 0.1) is 5.82 Å². The molecule has 0 fully saturated rings. The summed E-state index contributed by atoms with van der Waals surface area (Å²) in [5.41, 5.74) is 4.76. The summed E-state index contributed by atoms with van der Waals surface area (Å²) in [5, 5.41) is 0. The zero-order valence-corrected chi connectivity index (χ0v) is 8.36. The third-order valence-electron chi connectivity index (χ3n) is 1.65. The molecule has 0 aliphatic rings. The average Bonchev–Trinajstić information content (AvgIpc) is 2.01. The summed E-state index contributed by atoms with van der Waals surface area (Å²) in [6, 6.07) is 0.793. The Hall–Kier alpha value is -0.620.